The molecular weight excluding hydrogens is 288 g/mol. The Bertz CT molecular complexity index is 511. The van der Waals surface area contributed by atoms with Gasteiger partial charge in [0, 0.05) is 12.6 Å². The van der Waals surface area contributed by atoms with Crippen LogP contribution in [0, 0.1) is 11.3 Å². The van der Waals surface area contributed by atoms with E-state index in [2.05, 4.69) is 12.2 Å². The first-order valence-corrected chi connectivity index (χ1v) is 7.73. The average molecular weight is 311 g/mol. The first-order valence-electron chi connectivity index (χ1n) is 7.36. The molecule has 5 heteroatoms. The fraction of sp³-hybridized carbons (Fsp3) is 0.562. The van der Waals surface area contributed by atoms with Crippen LogP contribution >= 0.6 is 11.6 Å². The van der Waals surface area contributed by atoms with Crippen molar-refractivity contribution in [3.8, 4) is 5.75 Å². The SMILES string of the molecule is COc1ccc(Cl)c(NC(=O)C2(CN)CCC(C)CC2)c1. The highest BCUT2D eigenvalue weighted by molar-refractivity contribution is 6.33. The minimum absolute atomic E-state index is 0.0351. The molecule has 0 saturated heterocycles. The number of rotatable bonds is 4. The molecule has 116 valence electrons. The number of benzene rings is 1. The Labute approximate surface area is 131 Å². The monoisotopic (exact) mass is 310 g/mol. The Kier molecular flexibility index (Phi) is 5.12. The van der Waals surface area contributed by atoms with Gasteiger partial charge in [-0.05, 0) is 43.7 Å². The number of hydrogen-bond acceptors (Lipinski definition) is 3. The lowest BCUT2D eigenvalue weighted by molar-refractivity contribution is -0.127. The van der Waals surface area contributed by atoms with E-state index in [0.717, 1.165) is 25.7 Å². The van der Waals surface area contributed by atoms with E-state index in [1.807, 2.05) is 0 Å². The first kappa shape index (κ1) is 16.1. The van der Waals surface area contributed by atoms with Crippen LogP contribution in [-0.4, -0.2) is 19.6 Å². The summed E-state index contributed by atoms with van der Waals surface area (Å²) in [5.74, 6) is 1.29. The van der Waals surface area contributed by atoms with Gasteiger partial charge >= 0.3 is 0 Å². The Morgan fingerprint density at radius 1 is 1.48 bits per heavy atom. The highest BCUT2D eigenvalue weighted by Crippen LogP contribution is 2.39. The zero-order valence-electron chi connectivity index (χ0n) is 12.6. The second kappa shape index (κ2) is 6.67. The molecule has 0 atom stereocenters. The molecule has 1 aliphatic rings. The molecular formula is C16H23ClN2O2. The smallest absolute Gasteiger partial charge is 0.231 e. The fourth-order valence-electron chi connectivity index (χ4n) is 2.82. The van der Waals surface area contributed by atoms with Gasteiger partial charge in [0.25, 0.3) is 0 Å². The molecule has 2 rings (SSSR count). The summed E-state index contributed by atoms with van der Waals surface area (Å²) in [6.45, 7) is 2.59. The summed E-state index contributed by atoms with van der Waals surface area (Å²) >= 11 is 6.15. The van der Waals surface area contributed by atoms with E-state index in [1.165, 1.54) is 0 Å². The van der Waals surface area contributed by atoms with Crippen molar-refractivity contribution in [2.75, 3.05) is 19.0 Å². The molecule has 0 spiro atoms. The average Bonchev–Trinajstić information content (AvgIpc) is 2.50. The van der Waals surface area contributed by atoms with Crippen LogP contribution in [0.4, 0.5) is 5.69 Å². The summed E-state index contributed by atoms with van der Waals surface area (Å²) in [6.07, 6.45) is 3.74. The van der Waals surface area contributed by atoms with Gasteiger partial charge in [-0.25, -0.2) is 0 Å². The number of carbonyl (C=O) groups is 1. The van der Waals surface area contributed by atoms with E-state index >= 15 is 0 Å². The van der Waals surface area contributed by atoms with Crippen molar-refractivity contribution < 1.29 is 9.53 Å². The van der Waals surface area contributed by atoms with Gasteiger partial charge < -0.3 is 15.8 Å². The van der Waals surface area contributed by atoms with Crippen LogP contribution in [0.5, 0.6) is 5.75 Å². The second-order valence-electron chi connectivity index (χ2n) is 5.97. The molecule has 1 aromatic carbocycles. The summed E-state index contributed by atoms with van der Waals surface area (Å²) in [5.41, 5.74) is 6.02. The predicted molar refractivity (Wildman–Crippen MR) is 85.8 cm³/mol. The van der Waals surface area contributed by atoms with E-state index in [0.29, 0.717) is 28.9 Å². The number of methoxy groups -OCH3 is 1. The standard InChI is InChI=1S/C16H23ClN2O2/c1-11-5-7-16(10-18,8-6-11)15(20)19-14-9-12(21-2)3-4-13(14)17/h3-4,9,11H,5-8,10,18H2,1-2H3,(H,19,20). The van der Waals surface area contributed by atoms with E-state index < -0.39 is 5.41 Å². The largest absolute Gasteiger partial charge is 0.497 e. The van der Waals surface area contributed by atoms with Crippen molar-refractivity contribution in [1.29, 1.82) is 0 Å². The van der Waals surface area contributed by atoms with Gasteiger partial charge in [0.15, 0.2) is 0 Å². The van der Waals surface area contributed by atoms with Crippen molar-refractivity contribution in [1.82, 2.24) is 0 Å². The summed E-state index contributed by atoms with van der Waals surface area (Å²) in [4.78, 5) is 12.7. The molecule has 4 nitrogen and oxygen atoms in total. The van der Waals surface area contributed by atoms with Crippen LogP contribution in [0.15, 0.2) is 18.2 Å². The van der Waals surface area contributed by atoms with E-state index in [9.17, 15) is 4.79 Å². The lowest BCUT2D eigenvalue weighted by atomic mass is 9.70. The van der Waals surface area contributed by atoms with Gasteiger partial charge in [-0.2, -0.15) is 0 Å². The zero-order valence-corrected chi connectivity index (χ0v) is 13.4. The van der Waals surface area contributed by atoms with Gasteiger partial charge in [-0.15, -0.1) is 0 Å². The molecule has 3 N–H and O–H groups in total. The highest BCUT2D eigenvalue weighted by atomic mass is 35.5. The maximum absolute atomic E-state index is 12.7. The topological polar surface area (TPSA) is 64.3 Å². The van der Waals surface area contributed by atoms with Crippen molar-refractivity contribution >= 4 is 23.2 Å². The Morgan fingerprint density at radius 3 is 2.71 bits per heavy atom. The lowest BCUT2D eigenvalue weighted by Crippen LogP contribution is -2.44. The van der Waals surface area contributed by atoms with Crippen LogP contribution in [0.1, 0.15) is 32.6 Å². The Hall–Kier alpha value is -1.26. The molecule has 1 aliphatic carbocycles. The molecule has 1 saturated carbocycles. The molecule has 0 heterocycles. The van der Waals surface area contributed by atoms with Gasteiger partial charge in [0.1, 0.15) is 5.75 Å². The molecule has 0 aliphatic heterocycles. The molecule has 0 radical (unpaired) electrons. The van der Waals surface area contributed by atoms with Crippen molar-refractivity contribution in [3.63, 3.8) is 0 Å². The third kappa shape index (κ3) is 3.50. The normalized spacial score (nSPS) is 25.4. The third-order valence-electron chi connectivity index (χ3n) is 4.53. The van der Waals surface area contributed by atoms with Crippen LogP contribution in [0.2, 0.25) is 5.02 Å². The molecule has 21 heavy (non-hydrogen) atoms. The zero-order chi connectivity index (χ0) is 15.5. The molecule has 0 bridgehead atoms. The number of carbonyl (C=O) groups excluding carboxylic acids is 1. The third-order valence-corrected chi connectivity index (χ3v) is 4.86. The van der Waals surface area contributed by atoms with Crippen molar-refractivity contribution in [2.24, 2.45) is 17.1 Å². The number of nitrogens with two attached hydrogens (primary N) is 1. The van der Waals surface area contributed by atoms with Gasteiger partial charge in [-0.3, -0.25) is 4.79 Å². The number of anilines is 1. The van der Waals surface area contributed by atoms with Gasteiger partial charge in [-0.1, -0.05) is 18.5 Å². The number of amides is 1. The number of ether oxygens (including phenoxy) is 1. The first-order chi connectivity index (χ1) is 10.0. The molecule has 1 amide bonds. The molecule has 0 aromatic heterocycles. The molecule has 1 aromatic rings. The summed E-state index contributed by atoms with van der Waals surface area (Å²) in [6, 6.07) is 5.21. The Morgan fingerprint density at radius 2 is 2.14 bits per heavy atom. The number of hydrogen-bond donors (Lipinski definition) is 2. The van der Waals surface area contributed by atoms with Crippen molar-refractivity contribution in [2.45, 2.75) is 32.6 Å². The summed E-state index contributed by atoms with van der Waals surface area (Å²) < 4.78 is 5.17. The fourth-order valence-corrected chi connectivity index (χ4v) is 2.99. The van der Waals surface area contributed by atoms with Crippen molar-refractivity contribution in [3.05, 3.63) is 23.2 Å². The van der Waals surface area contributed by atoms with E-state index in [4.69, 9.17) is 22.1 Å². The van der Waals surface area contributed by atoms with Crippen LogP contribution in [0.25, 0.3) is 0 Å². The maximum atomic E-state index is 12.7. The Balaban J connectivity index is 2.16. The maximum Gasteiger partial charge on any atom is 0.231 e. The summed E-state index contributed by atoms with van der Waals surface area (Å²) in [5, 5.41) is 3.43. The molecule has 1 fully saturated rings. The van der Waals surface area contributed by atoms with Gasteiger partial charge in [0.05, 0.1) is 23.2 Å². The van der Waals surface area contributed by atoms with Crippen LogP contribution in [0.3, 0.4) is 0 Å². The number of halogens is 1. The lowest BCUT2D eigenvalue weighted by Gasteiger charge is -2.37. The summed E-state index contributed by atoms with van der Waals surface area (Å²) in [7, 11) is 1.58. The predicted octanol–water partition coefficient (Wildman–Crippen LogP) is 3.44. The highest BCUT2D eigenvalue weighted by Gasteiger charge is 2.40. The second-order valence-corrected chi connectivity index (χ2v) is 6.37. The quantitative estimate of drug-likeness (QED) is 0.895. The van der Waals surface area contributed by atoms with E-state index in [-0.39, 0.29) is 5.91 Å². The molecule has 0 unspecified atom stereocenters. The van der Waals surface area contributed by atoms with Crippen LogP contribution in [-0.2, 0) is 4.79 Å². The minimum atomic E-state index is -0.473. The number of nitrogens with one attached hydrogen (secondary N) is 1. The van der Waals surface area contributed by atoms with E-state index in [1.54, 1.807) is 25.3 Å². The minimum Gasteiger partial charge on any atom is -0.497 e. The van der Waals surface area contributed by atoms with Gasteiger partial charge in [0.2, 0.25) is 5.91 Å². The van der Waals surface area contributed by atoms with Crippen LogP contribution < -0.4 is 15.8 Å².